The molecule has 9 heteroatoms. The summed E-state index contributed by atoms with van der Waals surface area (Å²) in [5.74, 6) is -0.551. The van der Waals surface area contributed by atoms with Crippen LogP contribution in [0.1, 0.15) is 37.3 Å². The Morgan fingerprint density at radius 2 is 1.93 bits per heavy atom. The van der Waals surface area contributed by atoms with Gasteiger partial charge in [-0.05, 0) is 36.6 Å². The summed E-state index contributed by atoms with van der Waals surface area (Å²) in [5, 5.41) is 6.97. The summed E-state index contributed by atoms with van der Waals surface area (Å²) < 4.78 is 35.2. The van der Waals surface area contributed by atoms with E-state index in [2.05, 4.69) is 15.2 Å². The zero-order chi connectivity index (χ0) is 20.6. The Balaban J connectivity index is 1.45. The van der Waals surface area contributed by atoms with Crippen molar-refractivity contribution in [3.05, 3.63) is 48.2 Å². The first kappa shape index (κ1) is 20.5. The molecule has 1 saturated carbocycles. The molecule has 1 aromatic carbocycles. The van der Waals surface area contributed by atoms with E-state index in [1.165, 1.54) is 30.3 Å². The fourth-order valence-electron chi connectivity index (χ4n) is 3.14. The highest BCUT2D eigenvalue weighted by molar-refractivity contribution is 5.94. The second kappa shape index (κ2) is 9.81. The number of esters is 1. The molecule has 1 fully saturated rings. The first-order valence-corrected chi connectivity index (χ1v) is 9.24. The fourth-order valence-corrected chi connectivity index (χ4v) is 3.14. The summed E-state index contributed by atoms with van der Waals surface area (Å²) in [7, 11) is 0. The van der Waals surface area contributed by atoms with Crippen molar-refractivity contribution in [3.63, 3.8) is 0 Å². The third-order valence-electron chi connectivity index (χ3n) is 4.47. The Morgan fingerprint density at radius 1 is 1.21 bits per heavy atom. The lowest BCUT2D eigenvalue weighted by Crippen LogP contribution is -2.22. The Morgan fingerprint density at radius 3 is 2.62 bits per heavy atom. The molecule has 2 aromatic rings. The number of ether oxygens (including phenoxy) is 2. The zero-order valence-corrected chi connectivity index (χ0v) is 15.6. The molecule has 1 amide bonds. The number of carbonyl (C=O) groups excluding carboxylic acids is 2. The molecule has 1 heterocycles. The molecule has 1 aliphatic rings. The van der Waals surface area contributed by atoms with Crippen LogP contribution in [0.5, 0.6) is 5.75 Å². The highest BCUT2D eigenvalue weighted by Crippen LogP contribution is 2.31. The summed E-state index contributed by atoms with van der Waals surface area (Å²) in [6, 6.07) is 7.73. The van der Waals surface area contributed by atoms with Gasteiger partial charge in [0.25, 0.3) is 5.91 Å². The van der Waals surface area contributed by atoms with Crippen LogP contribution in [-0.2, 0) is 14.3 Å². The predicted molar refractivity (Wildman–Crippen MR) is 101 cm³/mol. The minimum Gasteiger partial charge on any atom is -0.452 e. The van der Waals surface area contributed by atoms with E-state index >= 15 is 0 Å². The molecule has 0 atom stereocenters. The highest BCUT2D eigenvalue weighted by atomic mass is 19.3. The van der Waals surface area contributed by atoms with Crippen molar-refractivity contribution in [2.24, 2.45) is 0 Å². The van der Waals surface area contributed by atoms with Crippen molar-refractivity contribution in [3.8, 4) is 5.75 Å². The first-order chi connectivity index (χ1) is 14.0. The Hall–Kier alpha value is -3.23. The van der Waals surface area contributed by atoms with Gasteiger partial charge in [0, 0.05) is 12.1 Å². The van der Waals surface area contributed by atoms with Crippen LogP contribution in [0, 0.1) is 0 Å². The molecule has 0 radical (unpaired) electrons. The number of amides is 1. The van der Waals surface area contributed by atoms with Gasteiger partial charge in [0.2, 0.25) is 0 Å². The Labute approximate surface area is 166 Å². The number of anilines is 1. The fraction of sp³-hybridized carbons (Fsp3) is 0.350. The molecule has 154 valence electrons. The second-order valence-corrected chi connectivity index (χ2v) is 6.54. The molecule has 1 aromatic heterocycles. The average molecular weight is 405 g/mol. The number of benzene rings is 1. The van der Waals surface area contributed by atoms with Gasteiger partial charge in [0.15, 0.2) is 6.61 Å². The quantitative estimate of drug-likeness (QED) is 0.534. The van der Waals surface area contributed by atoms with Gasteiger partial charge in [0.05, 0.1) is 12.2 Å². The summed E-state index contributed by atoms with van der Waals surface area (Å²) in [4.78, 5) is 23.8. The van der Waals surface area contributed by atoms with Crippen molar-refractivity contribution >= 4 is 23.8 Å². The molecule has 0 unspecified atom stereocenters. The maximum absolute atomic E-state index is 12.1. The number of halogens is 2. The largest absolute Gasteiger partial charge is 0.452 e. The van der Waals surface area contributed by atoms with E-state index in [9.17, 15) is 18.4 Å². The summed E-state index contributed by atoms with van der Waals surface area (Å²) >= 11 is 0. The number of rotatable bonds is 8. The van der Waals surface area contributed by atoms with Crippen molar-refractivity contribution in [2.75, 3.05) is 11.9 Å². The van der Waals surface area contributed by atoms with E-state index in [0.29, 0.717) is 11.4 Å². The SMILES string of the molecule is O=C(COC(=O)/C=C/c1ccc(OC(F)F)cc1)Nc1ccnn1C1CCCC1. The van der Waals surface area contributed by atoms with Crippen molar-refractivity contribution in [1.82, 2.24) is 9.78 Å². The van der Waals surface area contributed by atoms with Crippen LogP contribution in [0.2, 0.25) is 0 Å². The topological polar surface area (TPSA) is 82.5 Å². The van der Waals surface area contributed by atoms with Gasteiger partial charge < -0.3 is 14.8 Å². The molecular formula is C20H21F2N3O4. The summed E-state index contributed by atoms with van der Waals surface area (Å²) in [6.45, 7) is -3.32. The maximum Gasteiger partial charge on any atom is 0.387 e. The normalized spacial score (nSPS) is 14.4. The van der Waals surface area contributed by atoms with E-state index in [-0.39, 0.29) is 11.8 Å². The van der Waals surface area contributed by atoms with Crippen LogP contribution in [0.15, 0.2) is 42.6 Å². The van der Waals surface area contributed by atoms with Crippen LogP contribution < -0.4 is 10.1 Å². The number of nitrogens with zero attached hydrogens (tertiary/aromatic N) is 2. The summed E-state index contributed by atoms with van der Waals surface area (Å²) in [6.07, 6.45) is 8.56. The lowest BCUT2D eigenvalue weighted by atomic mass is 10.2. The Bertz CT molecular complexity index is 859. The van der Waals surface area contributed by atoms with E-state index in [4.69, 9.17) is 4.74 Å². The van der Waals surface area contributed by atoms with Gasteiger partial charge in [-0.3, -0.25) is 4.79 Å². The first-order valence-electron chi connectivity index (χ1n) is 9.24. The zero-order valence-electron chi connectivity index (χ0n) is 15.6. The van der Waals surface area contributed by atoms with Gasteiger partial charge in [-0.25, -0.2) is 9.48 Å². The molecule has 0 bridgehead atoms. The van der Waals surface area contributed by atoms with E-state index in [1.54, 1.807) is 16.9 Å². The number of carbonyl (C=O) groups is 2. The molecule has 1 aliphatic carbocycles. The van der Waals surface area contributed by atoms with Crippen LogP contribution in [-0.4, -0.2) is 34.9 Å². The van der Waals surface area contributed by atoms with Gasteiger partial charge in [-0.1, -0.05) is 25.0 Å². The lowest BCUT2D eigenvalue weighted by Gasteiger charge is -2.14. The maximum atomic E-state index is 12.1. The van der Waals surface area contributed by atoms with Crippen molar-refractivity contribution < 1.29 is 27.8 Å². The average Bonchev–Trinajstić information content (AvgIpc) is 3.37. The molecule has 0 aliphatic heterocycles. The van der Waals surface area contributed by atoms with Gasteiger partial charge in [-0.2, -0.15) is 13.9 Å². The van der Waals surface area contributed by atoms with Gasteiger partial charge in [0.1, 0.15) is 11.6 Å². The minimum atomic E-state index is -2.89. The van der Waals surface area contributed by atoms with E-state index < -0.39 is 25.1 Å². The lowest BCUT2D eigenvalue weighted by molar-refractivity contribution is -0.142. The van der Waals surface area contributed by atoms with Crippen LogP contribution >= 0.6 is 0 Å². The van der Waals surface area contributed by atoms with Gasteiger partial charge >= 0.3 is 12.6 Å². The monoisotopic (exact) mass is 405 g/mol. The van der Waals surface area contributed by atoms with Crippen molar-refractivity contribution in [1.29, 1.82) is 0 Å². The third kappa shape index (κ3) is 6.13. The number of hydrogen-bond donors (Lipinski definition) is 1. The number of aromatic nitrogens is 2. The summed E-state index contributed by atoms with van der Waals surface area (Å²) in [5.41, 5.74) is 0.591. The molecule has 0 spiro atoms. The molecular weight excluding hydrogens is 384 g/mol. The molecule has 0 saturated heterocycles. The third-order valence-corrected chi connectivity index (χ3v) is 4.47. The number of nitrogens with one attached hydrogen (secondary N) is 1. The van der Waals surface area contributed by atoms with E-state index in [0.717, 1.165) is 31.8 Å². The number of hydrogen-bond acceptors (Lipinski definition) is 5. The standard InChI is InChI=1S/C20H21F2N3O4/c21-20(22)29-16-8-5-14(6-9-16)7-10-19(27)28-13-18(26)24-17-11-12-23-25(17)15-3-1-2-4-15/h5-12,15,20H,1-4,13H2,(H,24,26)/b10-7+. The number of alkyl halides is 2. The molecule has 29 heavy (non-hydrogen) atoms. The molecule has 7 nitrogen and oxygen atoms in total. The smallest absolute Gasteiger partial charge is 0.387 e. The highest BCUT2D eigenvalue weighted by Gasteiger charge is 2.20. The van der Waals surface area contributed by atoms with Crippen LogP contribution in [0.25, 0.3) is 6.08 Å². The van der Waals surface area contributed by atoms with Crippen LogP contribution in [0.4, 0.5) is 14.6 Å². The van der Waals surface area contributed by atoms with Crippen molar-refractivity contribution in [2.45, 2.75) is 38.3 Å². The second-order valence-electron chi connectivity index (χ2n) is 6.54. The molecule has 3 rings (SSSR count). The minimum absolute atomic E-state index is 0.0215. The molecule has 1 N–H and O–H groups in total. The van der Waals surface area contributed by atoms with E-state index in [1.807, 2.05) is 0 Å². The van der Waals surface area contributed by atoms with Crippen LogP contribution in [0.3, 0.4) is 0 Å². The Kier molecular flexibility index (Phi) is 6.94. The van der Waals surface area contributed by atoms with Gasteiger partial charge in [-0.15, -0.1) is 0 Å². The predicted octanol–water partition coefficient (Wildman–Crippen LogP) is 3.79.